The van der Waals surface area contributed by atoms with Gasteiger partial charge in [-0.15, -0.1) is 0 Å². The standard InChI is InChI=1S/C47H89O12P/c1-3-5-7-9-11-13-15-17-19-20-21-22-23-24-26-28-30-32-34-36-41(48)58-40(38-56-37-35-33-31-29-27-25-18-16-14-12-10-8-6-4-2)39-57-60(54,55)59-47-45(52)43(50)42(49)44(51)46(47)53/h11,13,17,19,40,42-47,49-53H,3-10,12,14-16,18,20-39H2,1-2H3,(H,54,55)/b13-11-,19-17-/t40-,42?,43-,44?,45?,46?,47?/m1/s1. The minimum Gasteiger partial charge on any atom is -0.457 e. The van der Waals surface area contributed by atoms with Crippen molar-refractivity contribution >= 4 is 13.8 Å². The highest BCUT2D eigenvalue weighted by Gasteiger charge is 2.51. The first-order chi connectivity index (χ1) is 29.0. The number of aliphatic hydroxyl groups excluding tert-OH is 5. The first-order valence-electron chi connectivity index (χ1n) is 24.2. The zero-order valence-electron chi connectivity index (χ0n) is 37.8. The lowest BCUT2D eigenvalue weighted by Gasteiger charge is -2.41. The van der Waals surface area contributed by atoms with E-state index in [1.165, 1.54) is 128 Å². The zero-order chi connectivity index (χ0) is 44.1. The van der Waals surface area contributed by atoms with Gasteiger partial charge in [-0.1, -0.05) is 179 Å². The van der Waals surface area contributed by atoms with E-state index >= 15 is 0 Å². The van der Waals surface area contributed by atoms with E-state index in [0.29, 0.717) is 13.0 Å². The lowest BCUT2D eigenvalue weighted by molar-refractivity contribution is -0.220. The van der Waals surface area contributed by atoms with Gasteiger partial charge in [0, 0.05) is 13.0 Å². The Morgan fingerprint density at radius 1 is 0.533 bits per heavy atom. The number of hydrogen-bond donors (Lipinski definition) is 6. The number of esters is 1. The first kappa shape index (κ1) is 56.8. The smallest absolute Gasteiger partial charge is 0.457 e. The van der Waals surface area contributed by atoms with Crippen LogP contribution in [0.15, 0.2) is 24.3 Å². The second kappa shape index (κ2) is 38.3. The summed E-state index contributed by atoms with van der Waals surface area (Å²) < 4.78 is 34.2. The molecule has 0 radical (unpaired) electrons. The maximum Gasteiger partial charge on any atom is 0.472 e. The number of hydrogen-bond acceptors (Lipinski definition) is 11. The molecule has 1 saturated carbocycles. The van der Waals surface area contributed by atoms with Gasteiger partial charge in [-0.05, 0) is 44.9 Å². The fourth-order valence-electron chi connectivity index (χ4n) is 7.45. The average Bonchev–Trinajstić information content (AvgIpc) is 3.23. The minimum absolute atomic E-state index is 0.0741. The van der Waals surface area contributed by atoms with Crippen molar-refractivity contribution in [1.82, 2.24) is 0 Å². The van der Waals surface area contributed by atoms with E-state index in [0.717, 1.165) is 51.4 Å². The second-order valence-electron chi connectivity index (χ2n) is 17.0. The van der Waals surface area contributed by atoms with Gasteiger partial charge < -0.3 is 39.9 Å². The molecule has 0 amide bonds. The van der Waals surface area contributed by atoms with E-state index in [-0.39, 0.29) is 13.0 Å². The second-order valence-corrected chi connectivity index (χ2v) is 18.4. The third kappa shape index (κ3) is 30.0. The molecule has 1 aliphatic carbocycles. The molecule has 0 saturated heterocycles. The molecule has 354 valence electrons. The first-order valence-corrected chi connectivity index (χ1v) is 25.7. The predicted molar refractivity (Wildman–Crippen MR) is 240 cm³/mol. The van der Waals surface area contributed by atoms with Gasteiger partial charge in [-0.3, -0.25) is 13.8 Å². The Balaban J connectivity index is 2.36. The third-order valence-electron chi connectivity index (χ3n) is 11.3. The van der Waals surface area contributed by atoms with Gasteiger partial charge >= 0.3 is 13.8 Å². The third-order valence-corrected chi connectivity index (χ3v) is 12.3. The molecule has 0 bridgehead atoms. The number of unbranched alkanes of at least 4 members (excludes halogenated alkanes) is 25. The molecule has 0 aromatic heterocycles. The van der Waals surface area contributed by atoms with Crippen LogP contribution in [0.4, 0.5) is 0 Å². The lowest BCUT2D eigenvalue weighted by atomic mass is 9.85. The summed E-state index contributed by atoms with van der Waals surface area (Å²) in [5, 5.41) is 50.2. The number of phosphoric ester groups is 1. The van der Waals surface area contributed by atoms with Crippen molar-refractivity contribution < 1.29 is 58.3 Å². The quantitative estimate of drug-likeness (QED) is 0.0148. The summed E-state index contributed by atoms with van der Waals surface area (Å²) >= 11 is 0. The topological polar surface area (TPSA) is 192 Å². The number of phosphoric acid groups is 1. The fraction of sp³-hybridized carbons (Fsp3) is 0.894. The lowest BCUT2D eigenvalue weighted by Crippen LogP contribution is -2.64. The molecule has 1 rings (SSSR count). The molecule has 12 nitrogen and oxygen atoms in total. The van der Waals surface area contributed by atoms with Crippen LogP contribution in [0.3, 0.4) is 0 Å². The van der Waals surface area contributed by atoms with Crippen molar-refractivity contribution in [1.29, 1.82) is 0 Å². The van der Waals surface area contributed by atoms with E-state index in [1.807, 2.05) is 0 Å². The van der Waals surface area contributed by atoms with Crippen LogP contribution in [-0.2, 0) is 27.9 Å². The summed E-state index contributed by atoms with van der Waals surface area (Å²) in [7, 11) is -5.02. The Hall–Kier alpha value is -1.18. The van der Waals surface area contributed by atoms with E-state index < -0.39 is 63.1 Å². The van der Waals surface area contributed by atoms with Gasteiger partial charge in [-0.2, -0.15) is 0 Å². The summed E-state index contributed by atoms with van der Waals surface area (Å²) in [4.78, 5) is 23.2. The maximum atomic E-state index is 12.8. The van der Waals surface area contributed by atoms with Gasteiger partial charge in [0.05, 0.1) is 13.2 Å². The summed E-state index contributed by atoms with van der Waals surface area (Å²) in [6, 6.07) is 0. The number of rotatable bonds is 41. The van der Waals surface area contributed by atoms with Crippen molar-refractivity contribution in [2.24, 2.45) is 0 Å². The molecule has 60 heavy (non-hydrogen) atoms. The molecule has 0 aliphatic heterocycles. The number of carbonyl (C=O) groups excluding carboxylic acids is 1. The van der Waals surface area contributed by atoms with Gasteiger partial charge in [-0.25, -0.2) is 4.57 Å². The van der Waals surface area contributed by atoms with Crippen LogP contribution in [0.1, 0.15) is 206 Å². The molecule has 0 heterocycles. The van der Waals surface area contributed by atoms with Crippen LogP contribution in [0.5, 0.6) is 0 Å². The molecular weight excluding hydrogens is 787 g/mol. The maximum absolute atomic E-state index is 12.8. The number of allylic oxidation sites excluding steroid dienone is 4. The van der Waals surface area contributed by atoms with Crippen molar-refractivity contribution in [3.05, 3.63) is 24.3 Å². The Kier molecular flexibility index (Phi) is 36.3. The van der Waals surface area contributed by atoms with Crippen molar-refractivity contribution in [3.8, 4) is 0 Å². The average molecular weight is 877 g/mol. The highest BCUT2D eigenvalue weighted by molar-refractivity contribution is 7.47. The summed E-state index contributed by atoms with van der Waals surface area (Å²) in [5.41, 5.74) is 0. The van der Waals surface area contributed by atoms with E-state index in [4.69, 9.17) is 18.5 Å². The molecule has 1 fully saturated rings. The largest absolute Gasteiger partial charge is 0.472 e. The number of ether oxygens (including phenoxy) is 2. The van der Waals surface area contributed by atoms with Crippen molar-refractivity contribution in [2.75, 3.05) is 19.8 Å². The Morgan fingerprint density at radius 3 is 1.43 bits per heavy atom. The molecule has 6 N–H and O–H groups in total. The molecule has 0 aromatic rings. The van der Waals surface area contributed by atoms with E-state index in [1.54, 1.807) is 0 Å². The summed E-state index contributed by atoms with van der Waals surface area (Å²) in [5.74, 6) is -0.479. The Labute approximate surface area is 364 Å². The Morgan fingerprint density at radius 2 is 0.933 bits per heavy atom. The van der Waals surface area contributed by atoms with Gasteiger partial charge in [0.1, 0.15) is 42.7 Å². The van der Waals surface area contributed by atoms with Crippen molar-refractivity contribution in [2.45, 2.75) is 249 Å². The van der Waals surface area contributed by atoms with Crippen LogP contribution in [0.2, 0.25) is 0 Å². The fourth-order valence-corrected chi connectivity index (χ4v) is 8.42. The monoisotopic (exact) mass is 877 g/mol. The molecule has 0 spiro atoms. The van der Waals surface area contributed by atoms with Gasteiger partial charge in [0.25, 0.3) is 0 Å². The van der Waals surface area contributed by atoms with Crippen LogP contribution in [0, 0.1) is 0 Å². The molecule has 1 aliphatic rings. The summed E-state index contributed by atoms with van der Waals surface area (Å²) in [6.07, 6.45) is 30.9. The van der Waals surface area contributed by atoms with Crippen LogP contribution < -0.4 is 0 Å². The molecule has 0 aromatic carbocycles. The van der Waals surface area contributed by atoms with Crippen LogP contribution in [0.25, 0.3) is 0 Å². The number of aliphatic hydroxyl groups is 5. The van der Waals surface area contributed by atoms with Gasteiger partial charge in [0.2, 0.25) is 0 Å². The number of carbonyl (C=O) groups is 1. The molecule has 8 atom stereocenters. The summed E-state index contributed by atoms with van der Waals surface area (Å²) in [6.45, 7) is 4.25. The SMILES string of the molecule is CCCCC/C=C\C/C=C\CCCCCCCCCCCC(=O)O[C@H](COCCCCCCCCCCCCCCCC)COP(=O)(O)OC1C(O)C(O)C(O)[C@@H](O)C1O. The van der Waals surface area contributed by atoms with Gasteiger partial charge in [0.15, 0.2) is 0 Å². The highest BCUT2D eigenvalue weighted by atomic mass is 31.2. The van der Waals surface area contributed by atoms with Crippen LogP contribution >= 0.6 is 7.82 Å². The van der Waals surface area contributed by atoms with Crippen LogP contribution in [-0.4, -0.2) is 98.9 Å². The van der Waals surface area contributed by atoms with E-state index in [9.17, 15) is 39.8 Å². The minimum atomic E-state index is -5.02. The van der Waals surface area contributed by atoms with E-state index in [2.05, 4.69) is 38.2 Å². The Bertz CT molecular complexity index is 1090. The molecule has 13 heteroatoms. The van der Waals surface area contributed by atoms with Crippen molar-refractivity contribution in [3.63, 3.8) is 0 Å². The molecular formula is C47H89O12P. The normalized spacial score (nSPS) is 22.5. The highest BCUT2D eigenvalue weighted by Crippen LogP contribution is 2.47. The zero-order valence-corrected chi connectivity index (χ0v) is 38.7. The molecule has 6 unspecified atom stereocenters. The predicted octanol–water partition coefficient (Wildman–Crippen LogP) is 10.1.